The molecule has 6 nitrogen and oxygen atoms in total. The van der Waals surface area contributed by atoms with Crippen LogP contribution in [-0.4, -0.2) is 30.0 Å². The Kier molecular flexibility index (Phi) is 5.35. The molecule has 0 aliphatic rings. The van der Waals surface area contributed by atoms with Crippen LogP contribution in [0.2, 0.25) is 0 Å². The van der Waals surface area contributed by atoms with Crippen molar-refractivity contribution < 1.29 is 4.79 Å². The van der Waals surface area contributed by atoms with Crippen molar-refractivity contribution in [1.29, 1.82) is 0 Å². The molecule has 1 amide bonds. The maximum absolute atomic E-state index is 12.5. The van der Waals surface area contributed by atoms with E-state index in [2.05, 4.69) is 27.5 Å². The average molecular weight is 361 g/mol. The number of carbonyl (C=O) groups is 1. The van der Waals surface area contributed by atoms with E-state index in [0.29, 0.717) is 17.3 Å². The molecular formula is C21H23N5O. The van der Waals surface area contributed by atoms with E-state index in [4.69, 9.17) is 0 Å². The maximum Gasteiger partial charge on any atom is 0.274 e. The van der Waals surface area contributed by atoms with E-state index < -0.39 is 0 Å². The number of hydrogen-bond acceptors (Lipinski definition) is 5. The number of anilines is 4. The second-order valence-corrected chi connectivity index (χ2v) is 6.58. The molecule has 0 atom stereocenters. The van der Waals surface area contributed by atoms with Crippen LogP contribution >= 0.6 is 0 Å². The summed E-state index contributed by atoms with van der Waals surface area (Å²) in [5.74, 6) is 0.104. The predicted molar refractivity (Wildman–Crippen MR) is 110 cm³/mol. The van der Waals surface area contributed by atoms with Gasteiger partial charge in [-0.1, -0.05) is 6.07 Å². The van der Waals surface area contributed by atoms with Crippen molar-refractivity contribution >= 4 is 28.9 Å². The van der Waals surface area contributed by atoms with Crippen LogP contribution in [0.1, 0.15) is 21.6 Å². The normalized spacial score (nSPS) is 10.4. The first-order valence-electron chi connectivity index (χ1n) is 8.68. The Labute approximate surface area is 159 Å². The summed E-state index contributed by atoms with van der Waals surface area (Å²) in [5, 5.41) is 6.00. The van der Waals surface area contributed by atoms with Gasteiger partial charge in [0.1, 0.15) is 5.69 Å². The van der Waals surface area contributed by atoms with Gasteiger partial charge in [0.25, 0.3) is 5.91 Å². The second kappa shape index (κ2) is 7.86. The highest BCUT2D eigenvalue weighted by molar-refractivity contribution is 6.03. The minimum Gasteiger partial charge on any atom is -0.378 e. The van der Waals surface area contributed by atoms with Crippen LogP contribution in [0.3, 0.4) is 0 Å². The van der Waals surface area contributed by atoms with Gasteiger partial charge < -0.3 is 15.5 Å². The number of aryl methyl sites for hydroxylation is 2. The molecule has 0 saturated carbocycles. The lowest BCUT2D eigenvalue weighted by Gasteiger charge is -2.13. The minimum atomic E-state index is -0.280. The fourth-order valence-electron chi connectivity index (χ4n) is 2.53. The van der Waals surface area contributed by atoms with E-state index in [1.165, 1.54) is 11.1 Å². The zero-order valence-electron chi connectivity index (χ0n) is 15.9. The summed E-state index contributed by atoms with van der Waals surface area (Å²) in [6.45, 7) is 4.11. The zero-order chi connectivity index (χ0) is 19.4. The molecule has 0 spiro atoms. The molecule has 27 heavy (non-hydrogen) atoms. The molecule has 0 aliphatic heterocycles. The van der Waals surface area contributed by atoms with Gasteiger partial charge in [0, 0.05) is 37.4 Å². The molecule has 2 N–H and O–H groups in total. The number of amides is 1. The van der Waals surface area contributed by atoms with Gasteiger partial charge >= 0.3 is 0 Å². The molecule has 1 aromatic heterocycles. The predicted octanol–water partition coefficient (Wildman–Crippen LogP) is 4.16. The summed E-state index contributed by atoms with van der Waals surface area (Å²) in [7, 11) is 3.94. The van der Waals surface area contributed by atoms with Crippen LogP contribution in [0.25, 0.3) is 0 Å². The Morgan fingerprint density at radius 2 is 1.63 bits per heavy atom. The molecule has 6 heteroatoms. The Balaban J connectivity index is 1.72. The summed E-state index contributed by atoms with van der Waals surface area (Å²) < 4.78 is 0. The number of nitrogens with one attached hydrogen (secondary N) is 2. The third-order valence-corrected chi connectivity index (χ3v) is 4.29. The number of benzene rings is 2. The van der Waals surface area contributed by atoms with E-state index in [-0.39, 0.29) is 5.91 Å². The Bertz CT molecular complexity index is 951. The maximum atomic E-state index is 12.5. The fraction of sp³-hybridized carbons (Fsp3) is 0.190. The van der Waals surface area contributed by atoms with Gasteiger partial charge in [-0.2, -0.15) is 0 Å². The first kappa shape index (κ1) is 18.4. The minimum absolute atomic E-state index is 0.280. The van der Waals surface area contributed by atoms with Gasteiger partial charge in [0.2, 0.25) is 5.95 Å². The highest BCUT2D eigenvalue weighted by Crippen LogP contribution is 2.18. The second-order valence-electron chi connectivity index (χ2n) is 6.58. The van der Waals surface area contributed by atoms with E-state index in [9.17, 15) is 4.79 Å². The van der Waals surface area contributed by atoms with Crippen molar-refractivity contribution in [2.45, 2.75) is 13.8 Å². The smallest absolute Gasteiger partial charge is 0.274 e. The highest BCUT2D eigenvalue weighted by Gasteiger charge is 2.10. The van der Waals surface area contributed by atoms with E-state index in [1.54, 1.807) is 12.3 Å². The Morgan fingerprint density at radius 3 is 2.30 bits per heavy atom. The van der Waals surface area contributed by atoms with Crippen LogP contribution in [0.15, 0.2) is 54.7 Å². The molecule has 0 fully saturated rings. The summed E-state index contributed by atoms with van der Waals surface area (Å²) in [4.78, 5) is 23.0. The fourth-order valence-corrected chi connectivity index (χ4v) is 2.53. The molecule has 0 aliphatic carbocycles. The number of carbonyl (C=O) groups excluding carboxylic acids is 1. The van der Waals surface area contributed by atoms with E-state index in [0.717, 1.165) is 11.4 Å². The molecule has 0 saturated heterocycles. The van der Waals surface area contributed by atoms with Crippen LogP contribution in [-0.2, 0) is 0 Å². The third kappa shape index (κ3) is 4.61. The highest BCUT2D eigenvalue weighted by atomic mass is 16.1. The van der Waals surface area contributed by atoms with Crippen LogP contribution in [0.5, 0.6) is 0 Å². The molecule has 3 aromatic rings. The molecule has 0 bridgehead atoms. The van der Waals surface area contributed by atoms with Crippen LogP contribution < -0.4 is 15.5 Å². The monoisotopic (exact) mass is 361 g/mol. The summed E-state index contributed by atoms with van der Waals surface area (Å²) in [5.41, 5.74) is 5.36. The third-order valence-electron chi connectivity index (χ3n) is 4.29. The van der Waals surface area contributed by atoms with E-state index in [1.807, 2.05) is 68.4 Å². The Hall–Kier alpha value is -3.41. The first-order valence-corrected chi connectivity index (χ1v) is 8.68. The van der Waals surface area contributed by atoms with Gasteiger partial charge in [-0.3, -0.25) is 4.79 Å². The van der Waals surface area contributed by atoms with Gasteiger partial charge in [-0.05, 0) is 67.4 Å². The molecule has 0 radical (unpaired) electrons. The Morgan fingerprint density at radius 1 is 0.926 bits per heavy atom. The number of hydrogen-bond donors (Lipinski definition) is 2. The van der Waals surface area contributed by atoms with Crippen LogP contribution in [0.4, 0.5) is 23.0 Å². The first-order chi connectivity index (χ1) is 12.9. The SMILES string of the molecule is Cc1ccc(Nc2nccc(C(=O)Nc3ccc(N(C)C)cc3)n2)cc1C. The molecule has 2 aromatic carbocycles. The van der Waals surface area contributed by atoms with Crippen molar-refractivity contribution in [2.24, 2.45) is 0 Å². The number of aromatic nitrogens is 2. The van der Waals surface area contributed by atoms with Crippen molar-refractivity contribution in [3.8, 4) is 0 Å². The number of nitrogens with zero attached hydrogens (tertiary/aromatic N) is 3. The van der Waals surface area contributed by atoms with Crippen molar-refractivity contribution in [1.82, 2.24) is 9.97 Å². The van der Waals surface area contributed by atoms with E-state index >= 15 is 0 Å². The topological polar surface area (TPSA) is 70.2 Å². The lowest BCUT2D eigenvalue weighted by molar-refractivity contribution is 0.102. The summed E-state index contributed by atoms with van der Waals surface area (Å²) in [6, 6.07) is 15.2. The van der Waals surface area contributed by atoms with Crippen LogP contribution in [0, 0.1) is 13.8 Å². The average Bonchev–Trinajstić information content (AvgIpc) is 2.65. The summed E-state index contributed by atoms with van der Waals surface area (Å²) >= 11 is 0. The van der Waals surface area contributed by atoms with Crippen molar-refractivity contribution in [2.75, 3.05) is 29.6 Å². The van der Waals surface area contributed by atoms with Gasteiger partial charge in [0.05, 0.1) is 0 Å². The van der Waals surface area contributed by atoms with Gasteiger partial charge in [0.15, 0.2) is 0 Å². The molecule has 1 heterocycles. The summed E-state index contributed by atoms with van der Waals surface area (Å²) in [6.07, 6.45) is 1.57. The zero-order valence-corrected chi connectivity index (χ0v) is 15.9. The molecule has 138 valence electrons. The van der Waals surface area contributed by atoms with Gasteiger partial charge in [-0.15, -0.1) is 0 Å². The lowest BCUT2D eigenvalue weighted by Crippen LogP contribution is -2.15. The molecule has 3 rings (SSSR count). The van der Waals surface area contributed by atoms with Gasteiger partial charge in [-0.25, -0.2) is 9.97 Å². The number of rotatable bonds is 5. The quantitative estimate of drug-likeness (QED) is 0.714. The molecule has 0 unspecified atom stereocenters. The lowest BCUT2D eigenvalue weighted by atomic mass is 10.1. The molecular weight excluding hydrogens is 338 g/mol. The van der Waals surface area contributed by atoms with Crippen molar-refractivity contribution in [3.05, 3.63) is 71.5 Å². The largest absolute Gasteiger partial charge is 0.378 e. The standard InChI is InChI=1S/C21H23N5O/c1-14-5-6-17(13-15(14)2)24-21-22-12-11-19(25-21)20(27)23-16-7-9-18(10-8-16)26(3)4/h5-13H,1-4H3,(H,23,27)(H,22,24,25). The van der Waals surface area contributed by atoms with Crippen molar-refractivity contribution in [3.63, 3.8) is 0 Å².